The van der Waals surface area contributed by atoms with Gasteiger partial charge in [-0.25, -0.2) is 4.98 Å². The molecular weight excluding hydrogens is 394 g/mol. The highest BCUT2D eigenvalue weighted by atomic mass is 32.1. The van der Waals surface area contributed by atoms with Crippen LogP contribution in [0.3, 0.4) is 0 Å². The number of hydrogen-bond acceptors (Lipinski definition) is 4. The van der Waals surface area contributed by atoms with Crippen molar-refractivity contribution in [2.24, 2.45) is 0 Å². The van der Waals surface area contributed by atoms with Crippen molar-refractivity contribution in [2.75, 3.05) is 10.6 Å². The summed E-state index contributed by atoms with van der Waals surface area (Å²) < 4.78 is 0. The highest BCUT2D eigenvalue weighted by Gasteiger charge is 2.10. The molecule has 6 heteroatoms. The Bertz CT molecular complexity index is 996. The monoisotopic (exact) mass is 421 g/mol. The molecule has 2 amide bonds. The second-order valence-electron chi connectivity index (χ2n) is 7.30. The summed E-state index contributed by atoms with van der Waals surface area (Å²) in [7, 11) is 0. The Morgan fingerprint density at radius 2 is 1.73 bits per heavy atom. The van der Waals surface area contributed by atoms with Crippen molar-refractivity contribution in [3.8, 4) is 11.3 Å². The van der Waals surface area contributed by atoms with Gasteiger partial charge in [0.25, 0.3) is 0 Å². The molecule has 0 aliphatic carbocycles. The van der Waals surface area contributed by atoms with E-state index in [1.165, 1.54) is 11.3 Å². The number of rotatable bonds is 9. The van der Waals surface area contributed by atoms with Gasteiger partial charge < -0.3 is 10.6 Å². The molecule has 3 rings (SSSR count). The Kier molecular flexibility index (Phi) is 7.74. The lowest BCUT2D eigenvalue weighted by atomic mass is 10.1. The van der Waals surface area contributed by atoms with E-state index in [0.717, 1.165) is 52.5 Å². The number of amides is 2. The van der Waals surface area contributed by atoms with Gasteiger partial charge in [0.2, 0.25) is 11.8 Å². The van der Waals surface area contributed by atoms with E-state index in [1.807, 2.05) is 60.8 Å². The Balaban J connectivity index is 1.55. The van der Waals surface area contributed by atoms with E-state index >= 15 is 0 Å². The van der Waals surface area contributed by atoms with E-state index < -0.39 is 0 Å². The predicted octanol–water partition coefficient (Wildman–Crippen LogP) is 5.82. The predicted molar refractivity (Wildman–Crippen MR) is 124 cm³/mol. The van der Waals surface area contributed by atoms with Gasteiger partial charge in [-0.2, -0.15) is 0 Å². The maximum Gasteiger partial charge on any atom is 0.231 e. The summed E-state index contributed by atoms with van der Waals surface area (Å²) in [6, 6.07) is 15.4. The number of aromatic nitrogens is 1. The van der Waals surface area contributed by atoms with Crippen LogP contribution in [0.25, 0.3) is 11.3 Å². The average Bonchev–Trinajstić information content (AvgIpc) is 3.17. The van der Waals surface area contributed by atoms with Gasteiger partial charge in [-0.05, 0) is 43.2 Å². The van der Waals surface area contributed by atoms with Crippen molar-refractivity contribution in [2.45, 2.75) is 46.0 Å². The molecule has 156 valence electrons. The zero-order valence-corrected chi connectivity index (χ0v) is 18.2. The Labute approximate surface area is 181 Å². The minimum Gasteiger partial charge on any atom is -0.326 e. The SMILES string of the molecule is CCCCCC(=O)Nc1ccc(-c2csc(CC(=O)Nc3cccc(C)c3)n2)cc1. The molecule has 1 heterocycles. The summed E-state index contributed by atoms with van der Waals surface area (Å²) in [5.74, 6) is -0.0330. The number of hydrogen-bond donors (Lipinski definition) is 2. The number of carbonyl (C=O) groups excluding carboxylic acids is 2. The van der Waals surface area contributed by atoms with Crippen molar-refractivity contribution in [1.82, 2.24) is 4.98 Å². The van der Waals surface area contributed by atoms with Crippen LogP contribution in [0.2, 0.25) is 0 Å². The fourth-order valence-corrected chi connectivity index (χ4v) is 3.88. The number of aryl methyl sites for hydroxylation is 1. The smallest absolute Gasteiger partial charge is 0.231 e. The summed E-state index contributed by atoms with van der Waals surface area (Å²) in [4.78, 5) is 28.8. The summed E-state index contributed by atoms with van der Waals surface area (Å²) in [5.41, 5.74) is 4.47. The van der Waals surface area contributed by atoms with Crippen LogP contribution in [0.1, 0.15) is 43.2 Å². The third-order valence-electron chi connectivity index (χ3n) is 4.64. The van der Waals surface area contributed by atoms with Crippen molar-refractivity contribution >= 4 is 34.5 Å². The van der Waals surface area contributed by atoms with E-state index in [-0.39, 0.29) is 18.2 Å². The number of benzene rings is 2. The molecule has 0 spiro atoms. The summed E-state index contributed by atoms with van der Waals surface area (Å²) in [5, 5.41) is 8.56. The second-order valence-corrected chi connectivity index (χ2v) is 8.25. The van der Waals surface area contributed by atoms with Crippen LogP contribution in [0.15, 0.2) is 53.9 Å². The number of nitrogens with zero attached hydrogens (tertiary/aromatic N) is 1. The van der Waals surface area contributed by atoms with Crippen LogP contribution in [0.5, 0.6) is 0 Å². The van der Waals surface area contributed by atoms with Crippen LogP contribution in [-0.2, 0) is 16.0 Å². The summed E-state index contributed by atoms with van der Waals surface area (Å²) in [6.07, 6.45) is 3.88. The number of unbranched alkanes of at least 4 members (excludes halogenated alkanes) is 2. The fraction of sp³-hybridized carbons (Fsp3) is 0.292. The van der Waals surface area contributed by atoms with Crippen molar-refractivity contribution in [3.05, 3.63) is 64.5 Å². The number of carbonyl (C=O) groups is 2. The van der Waals surface area contributed by atoms with Crippen molar-refractivity contribution in [1.29, 1.82) is 0 Å². The molecule has 0 atom stereocenters. The minimum absolute atomic E-state index is 0.0479. The lowest BCUT2D eigenvalue weighted by Crippen LogP contribution is -2.14. The molecule has 0 saturated carbocycles. The van der Waals surface area contributed by atoms with Gasteiger partial charge >= 0.3 is 0 Å². The first-order valence-electron chi connectivity index (χ1n) is 10.2. The zero-order chi connectivity index (χ0) is 21.3. The Morgan fingerprint density at radius 3 is 2.47 bits per heavy atom. The molecule has 0 bridgehead atoms. The summed E-state index contributed by atoms with van der Waals surface area (Å²) >= 11 is 1.47. The Morgan fingerprint density at radius 1 is 0.967 bits per heavy atom. The van der Waals surface area contributed by atoms with E-state index in [1.54, 1.807) is 0 Å². The van der Waals surface area contributed by atoms with Crippen LogP contribution in [0.4, 0.5) is 11.4 Å². The first kappa shape index (κ1) is 21.7. The summed E-state index contributed by atoms with van der Waals surface area (Å²) in [6.45, 7) is 4.11. The van der Waals surface area contributed by atoms with E-state index in [0.29, 0.717) is 6.42 Å². The first-order chi connectivity index (χ1) is 14.5. The Hall–Kier alpha value is -2.99. The minimum atomic E-state index is -0.0809. The fourth-order valence-electron chi connectivity index (χ4n) is 3.07. The van der Waals surface area contributed by atoms with Gasteiger partial charge in [0.1, 0.15) is 5.01 Å². The highest BCUT2D eigenvalue weighted by molar-refractivity contribution is 7.10. The van der Waals surface area contributed by atoms with Crippen molar-refractivity contribution < 1.29 is 9.59 Å². The normalized spacial score (nSPS) is 10.6. The topological polar surface area (TPSA) is 71.1 Å². The molecule has 0 unspecified atom stereocenters. The van der Waals surface area contributed by atoms with Gasteiger partial charge in [-0.1, -0.05) is 44.0 Å². The first-order valence-corrected chi connectivity index (χ1v) is 11.1. The largest absolute Gasteiger partial charge is 0.326 e. The maximum atomic E-state index is 12.3. The standard InChI is InChI=1S/C24H27N3O2S/c1-3-4-5-9-22(28)25-19-12-10-18(11-13-19)21-16-30-24(27-21)15-23(29)26-20-8-6-7-17(2)14-20/h6-8,10-14,16H,3-5,9,15H2,1-2H3,(H,25,28)(H,26,29). The van der Waals surface area contributed by atoms with Gasteiger partial charge in [-0.3, -0.25) is 9.59 Å². The molecule has 2 aromatic carbocycles. The second kappa shape index (κ2) is 10.7. The molecule has 0 fully saturated rings. The van der Waals surface area contributed by atoms with Gasteiger partial charge in [0.05, 0.1) is 12.1 Å². The molecule has 30 heavy (non-hydrogen) atoms. The quantitative estimate of drug-likeness (QED) is 0.428. The highest BCUT2D eigenvalue weighted by Crippen LogP contribution is 2.24. The third-order valence-corrected chi connectivity index (χ3v) is 5.49. The van der Waals surface area contributed by atoms with E-state index in [9.17, 15) is 9.59 Å². The van der Waals surface area contributed by atoms with Crippen LogP contribution in [-0.4, -0.2) is 16.8 Å². The third kappa shape index (κ3) is 6.52. The molecule has 0 radical (unpaired) electrons. The molecule has 5 nitrogen and oxygen atoms in total. The number of nitrogens with one attached hydrogen (secondary N) is 2. The molecule has 3 aromatic rings. The molecule has 2 N–H and O–H groups in total. The molecule has 1 aromatic heterocycles. The van der Waals surface area contributed by atoms with Crippen LogP contribution in [0, 0.1) is 6.92 Å². The number of thiazole rings is 1. The zero-order valence-electron chi connectivity index (χ0n) is 17.4. The van der Waals surface area contributed by atoms with Crippen molar-refractivity contribution in [3.63, 3.8) is 0 Å². The van der Waals surface area contributed by atoms with Gasteiger partial charge in [-0.15, -0.1) is 11.3 Å². The molecule has 0 aliphatic rings. The van der Waals surface area contributed by atoms with Crippen LogP contribution < -0.4 is 10.6 Å². The number of anilines is 2. The van der Waals surface area contributed by atoms with Gasteiger partial charge in [0.15, 0.2) is 0 Å². The molecule has 0 saturated heterocycles. The average molecular weight is 422 g/mol. The van der Waals surface area contributed by atoms with Gasteiger partial charge in [0, 0.05) is 28.7 Å². The van der Waals surface area contributed by atoms with E-state index in [4.69, 9.17) is 0 Å². The molecular formula is C24H27N3O2S. The van der Waals surface area contributed by atoms with Crippen LogP contribution >= 0.6 is 11.3 Å². The van der Waals surface area contributed by atoms with E-state index in [2.05, 4.69) is 22.5 Å². The lowest BCUT2D eigenvalue weighted by molar-refractivity contribution is -0.116. The maximum absolute atomic E-state index is 12.3. The molecule has 0 aliphatic heterocycles. The lowest BCUT2D eigenvalue weighted by Gasteiger charge is -2.06.